The summed E-state index contributed by atoms with van der Waals surface area (Å²) in [6.07, 6.45) is 0.328. The standard InChI is InChI=1S/C19H19N3O2/c1-13-7-9-14(10-8-13)11-18(23)22(2)12-17-20-16-6-4-3-5-15(16)19(24)21-17/h3-10H,11-12H2,1-2H3,(H,20,21,24). The molecule has 3 rings (SSSR count). The number of nitrogens with zero attached hydrogens (tertiary/aromatic N) is 2. The SMILES string of the molecule is Cc1ccc(CC(=O)N(C)Cc2nc3ccccc3c(=O)[nH]2)cc1. The molecule has 0 saturated carbocycles. The second-order valence-corrected chi connectivity index (χ2v) is 5.94. The van der Waals surface area contributed by atoms with Crippen molar-refractivity contribution in [3.05, 3.63) is 75.8 Å². The van der Waals surface area contributed by atoms with Gasteiger partial charge in [0.1, 0.15) is 5.82 Å². The van der Waals surface area contributed by atoms with Crippen LogP contribution in [-0.2, 0) is 17.8 Å². The normalized spacial score (nSPS) is 10.8. The minimum atomic E-state index is -0.185. The lowest BCUT2D eigenvalue weighted by Crippen LogP contribution is -2.29. The van der Waals surface area contributed by atoms with Crippen LogP contribution in [0.3, 0.4) is 0 Å². The summed E-state index contributed by atoms with van der Waals surface area (Å²) in [6, 6.07) is 15.1. The number of carbonyl (C=O) groups excluding carboxylic acids is 1. The highest BCUT2D eigenvalue weighted by atomic mass is 16.2. The monoisotopic (exact) mass is 321 g/mol. The van der Waals surface area contributed by atoms with Crippen LogP contribution in [-0.4, -0.2) is 27.8 Å². The molecule has 0 radical (unpaired) electrons. The third-order valence-electron chi connectivity index (χ3n) is 3.95. The second kappa shape index (κ2) is 6.66. The van der Waals surface area contributed by atoms with Crippen molar-refractivity contribution in [2.24, 2.45) is 0 Å². The Hall–Kier alpha value is -2.95. The fourth-order valence-corrected chi connectivity index (χ4v) is 2.54. The summed E-state index contributed by atoms with van der Waals surface area (Å²) in [6.45, 7) is 2.28. The molecule has 0 aliphatic heterocycles. The molecule has 3 aromatic rings. The molecule has 2 aromatic carbocycles. The van der Waals surface area contributed by atoms with Gasteiger partial charge < -0.3 is 9.88 Å². The minimum absolute atomic E-state index is 0.0188. The molecule has 122 valence electrons. The van der Waals surface area contributed by atoms with Crippen LogP contribution in [0.4, 0.5) is 0 Å². The maximum Gasteiger partial charge on any atom is 0.258 e. The average Bonchev–Trinajstić information content (AvgIpc) is 2.57. The van der Waals surface area contributed by atoms with E-state index in [2.05, 4.69) is 9.97 Å². The zero-order chi connectivity index (χ0) is 17.1. The molecule has 1 amide bonds. The lowest BCUT2D eigenvalue weighted by atomic mass is 10.1. The summed E-state index contributed by atoms with van der Waals surface area (Å²) in [7, 11) is 1.71. The number of hydrogen-bond acceptors (Lipinski definition) is 3. The summed E-state index contributed by atoms with van der Waals surface area (Å²) >= 11 is 0. The van der Waals surface area contributed by atoms with Gasteiger partial charge in [-0.05, 0) is 24.6 Å². The molecule has 0 bridgehead atoms. The second-order valence-electron chi connectivity index (χ2n) is 5.94. The Morgan fingerprint density at radius 3 is 2.58 bits per heavy atom. The summed E-state index contributed by atoms with van der Waals surface area (Å²) in [5, 5.41) is 0.551. The van der Waals surface area contributed by atoms with Gasteiger partial charge in [0.05, 0.1) is 23.9 Å². The van der Waals surface area contributed by atoms with Crippen LogP contribution in [0.5, 0.6) is 0 Å². The highest BCUT2D eigenvalue weighted by Gasteiger charge is 2.12. The number of aromatic amines is 1. The van der Waals surface area contributed by atoms with Gasteiger partial charge in [-0.2, -0.15) is 0 Å². The summed E-state index contributed by atoms with van der Waals surface area (Å²) in [5.74, 6) is 0.466. The van der Waals surface area contributed by atoms with Crippen molar-refractivity contribution in [1.29, 1.82) is 0 Å². The van der Waals surface area contributed by atoms with Gasteiger partial charge in [-0.25, -0.2) is 4.98 Å². The number of carbonyl (C=O) groups is 1. The molecule has 1 heterocycles. The van der Waals surface area contributed by atoms with Gasteiger partial charge in [0, 0.05) is 7.05 Å². The van der Waals surface area contributed by atoms with Crippen molar-refractivity contribution in [2.45, 2.75) is 19.9 Å². The molecular formula is C19H19N3O2. The van der Waals surface area contributed by atoms with Crippen molar-refractivity contribution in [2.75, 3.05) is 7.05 Å². The smallest absolute Gasteiger partial charge is 0.258 e. The van der Waals surface area contributed by atoms with Gasteiger partial charge in [-0.15, -0.1) is 0 Å². The molecule has 0 atom stereocenters. The number of aromatic nitrogens is 2. The number of benzene rings is 2. The number of H-pyrrole nitrogens is 1. The average molecular weight is 321 g/mol. The summed E-state index contributed by atoms with van der Waals surface area (Å²) in [4.78, 5) is 33.2. The Kier molecular flexibility index (Phi) is 4.42. The molecule has 0 spiro atoms. The number of para-hydroxylation sites is 1. The zero-order valence-corrected chi connectivity index (χ0v) is 13.7. The van der Waals surface area contributed by atoms with Gasteiger partial charge in [0.25, 0.3) is 5.56 Å². The van der Waals surface area contributed by atoms with Crippen molar-refractivity contribution >= 4 is 16.8 Å². The molecule has 0 aliphatic rings. The van der Waals surface area contributed by atoms with Crippen LogP contribution in [0.2, 0.25) is 0 Å². The van der Waals surface area contributed by atoms with Crippen molar-refractivity contribution in [3.8, 4) is 0 Å². The molecule has 5 heteroatoms. The highest BCUT2D eigenvalue weighted by molar-refractivity contribution is 5.79. The Labute approximate surface area is 140 Å². The number of likely N-dealkylation sites (N-methyl/N-ethyl adjacent to an activating group) is 1. The van der Waals surface area contributed by atoms with Crippen LogP contribution in [0.25, 0.3) is 10.9 Å². The zero-order valence-electron chi connectivity index (χ0n) is 13.7. The van der Waals surface area contributed by atoms with Crippen LogP contribution in [0.15, 0.2) is 53.3 Å². The van der Waals surface area contributed by atoms with E-state index in [1.165, 1.54) is 0 Å². The first-order chi connectivity index (χ1) is 11.5. The molecule has 0 aliphatic carbocycles. The van der Waals surface area contributed by atoms with Crippen LogP contribution >= 0.6 is 0 Å². The topological polar surface area (TPSA) is 66.1 Å². The first-order valence-electron chi connectivity index (χ1n) is 7.80. The molecule has 24 heavy (non-hydrogen) atoms. The van der Waals surface area contributed by atoms with E-state index in [9.17, 15) is 9.59 Å². The molecular weight excluding hydrogens is 302 g/mol. The molecule has 0 saturated heterocycles. The predicted molar refractivity (Wildman–Crippen MR) is 93.7 cm³/mol. The lowest BCUT2D eigenvalue weighted by Gasteiger charge is -2.17. The number of rotatable bonds is 4. The van der Waals surface area contributed by atoms with Crippen molar-refractivity contribution in [1.82, 2.24) is 14.9 Å². The molecule has 1 aromatic heterocycles. The number of aryl methyl sites for hydroxylation is 1. The van der Waals surface area contributed by atoms with Crippen LogP contribution in [0, 0.1) is 6.92 Å². The Morgan fingerprint density at radius 1 is 1.12 bits per heavy atom. The fraction of sp³-hybridized carbons (Fsp3) is 0.211. The Bertz CT molecular complexity index is 929. The van der Waals surface area contributed by atoms with E-state index in [0.29, 0.717) is 23.1 Å². The van der Waals surface area contributed by atoms with Gasteiger partial charge in [-0.3, -0.25) is 9.59 Å². The lowest BCUT2D eigenvalue weighted by molar-refractivity contribution is -0.129. The van der Waals surface area contributed by atoms with E-state index in [-0.39, 0.29) is 18.0 Å². The predicted octanol–water partition coefficient (Wildman–Crippen LogP) is 2.43. The fourth-order valence-electron chi connectivity index (χ4n) is 2.54. The third-order valence-corrected chi connectivity index (χ3v) is 3.95. The van der Waals surface area contributed by atoms with Crippen molar-refractivity contribution in [3.63, 3.8) is 0 Å². The number of hydrogen-bond donors (Lipinski definition) is 1. The van der Waals surface area contributed by atoms with E-state index < -0.39 is 0 Å². The summed E-state index contributed by atoms with van der Waals surface area (Å²) < 4.78 is 0. The molecule has 0 fully saturated rings. The molecule has 5 nitrogen and oxygen atoms in total. The van der Waals surface area contributed by atoms with Gasteiger partial charge in [0.15, 0.2) is 0 Å². The number of nitrogens with one attached hydrogen (secondary N) is 1. The quantitative estimate of drug-likeness (QED) is 0.802. The maximum absolute atomic E-state index is 12.4. The number of fused-ring (bicyclic) bond motifs is 1. The highest BCUT2D eigenvalue weighted by Crippen LogP contribution is 2.09. The van der Waals surface area contributed by atoms with E-state index in [0.717, 1.165) is 11.1 Å². The van der Waals surface area contributed by atoms with Crippen LogP contribution in [0.1, 0.15) is 17.0 Å². The largest absolute Gasteiger partial charge is 0.338 e. The third kappa shape index (κ3) is 3.51. The van der Waals surface area contributed by atoms with E-state index >= 15 is 0 Å². The van der Waals surface area contributed by atoms with Crippen molar-refractivity contribution < 1.29 is 4.79 Å². The maximum atomic E-state index is 12.4. The summed E-state index contributed by atoms with van der Waals surface area (Å²) in [5.41, 5.74) is 2.58. The first kappa shape index (κ1) is 15.9. The van der Waals surface area contributed by atoms with E-state index in [1.807, 2.05) is 37.3 Å². The van der Waals surface area contributed by atoms with E-state index in [4.69, 9.17) is 0 Å². The van der Waals surface area contributed by atoms with Gasteiger partial charge in [0.2, 0.25) is 5.91 Å². The first-order valence-corrected chi connectivity index (χ1v) is 7.80. The van der Waals surface area contributed by atoms with Crippen LogP contribution < -0.4 is 5.56 Å². The number of amides is 1. The Balaban J connectivity index is 1.74. The molecule has 0 unspecified atom stereocenters. The minimum Gasteiger partial charge on any atom is -0.338 e. The van der Waals surface area contributed by atoms with Gasteiger partial charge in [-0.1, -0.05) is 42.0 Å². The van der Waals surface area contributed by atoms with Gasteiger partial charge >= 0.3 is 0 Å². The Morgan fingerprint density at radius 2 is 1.83 bits per heavy atom. The van der Waals surface area contributed by atoms with E-state index in [1.54, 1.807) is 30.1 Å². The molecule has 1 N–H and O–H groups in total.